The molecule has 0 aromatic heterocycles. The van der Waals surface area contributed by atoms with Gasteiger partial charge in [0.1, 0.15) is 0 Å². The molecule has 2 aromatic carbocycles. The lowest BCUT2D eigenvalue weighted by Crippen LogP contribution is -1.91. The number of aryl methyl sites for hydroxylation is 1. The predicted octanol–water partition coefficient (Wildman–Crippen LogP) is 5.68. The summed E-state index contributed by atoms with van der Waals surface area (Å²) in [6.07, 6.45) is 1.74. The first-order chi connectivity index (χ1) is 10.3. The van der Waals surface area contributed by atoms with Gasteiger partial charge in [0.2, 0.25) is 0 Å². The van der Waals surface area contributed by atoms with Crippen LogP contribution in [0, 0.1) is 6.92 Å². The number of carbonyl (C=O) groups is 1. The smallest absolute Gasteiger partial charge is 0.187 e. The van der Waals surface area contributed by atoms with Gasteiger partial charge in [0, 0.05) is 5.56 Å². The van der Waals surface area contributed by atoms with Crippen molar-refractivity contribution in [3.05, 3.63) is 76.9 Å². The van der Waals surface area contributed by atoms with Crippen molar-refractivity contribution >= 4 is 11.4 Å². The highest BCUT2D eigenvalue weighted by Gasteiger charge is 2.21. The molecule has 0 fully saturated rings. The van der Waals surface area contributed by atoms with Gasteiger partial charge in [-0.3, -0.25) is 4.79 Å². The van der Waals surface area contributed by atoms with Gasteiger partial charge in [-0.1, -0.05) is 76.2 Å². The summed E-state index contributed by atoms with van der Waals surface area (Å²) in [5.74, 6) is 0.110. The molecule has 2 aromatic rings. The van der Waals surface area contributed by atoms with E-state index < -0.39 is 0 Å². The molecule has 110 valence electrons. The molecule has 1 heteroatoms. The summed E-state index contributed by atoms with van der Waals surface area (Å²) in [6, 6.07) is 15.9. The van der Waals surface area contributed by atoms with Gasteiger partial charge >= 0.3 is 0 Å². The third kappa shape index (κ3) is 3.49. The van der Waals surface area contributed by atoms with E-state index in [-0.39, 0.29) is 5.78 Å². The van der Waals surface area contributed by atoms with Gasteiger partial charge in [0.15, 0.2) is 5.78 Å². The second-order valence-corrected chi connectivity index (χ2v) is 4.28. The zero-order chi connectivity index (χ0) is 15.8. The van der Waals surface area contributed by atoms with Crippen LogP contribution < -0.4 is 0 Å². The van der Waals surface area contributed by atoms with E-state index in [1.807, 2.05) is 64.1 Å². The van der Waals surface area contributed by atoms with Gasteiger partial charge in [-0.2, -0.15) is 0 Å². The quantitative estimate of drug-likeness (QED) is 0.657. The summed E-state index contributed by atoms with van der Waals surface area (Å²) in [5.41, 5.74) is 5.25. The van der Waals surface area contributed by atoms with E-state index in [1.54, 1.807) is 6.08 Å². The zero-order valence-corrected chi connectivity index (χ0v) is 13.6. The Bertz CT molecular complexity index is 636. The second-order valence-electron chi connectivity index (χ2n) is 4.28. The van der Waals surface area contributed by atoms with Crippen LogP contribution in [0.4, 0.5) is 0 Å². The van der Waals surface area contributed by atoms with Crippen LogP contribution in [0.2, 0.25) is 0 Å². The van der Waals surface area contributed by atoms with Gasteiger partial charge < -0.3 is 0 Å². The maximum atomic E-state index is 11.9. The molecule has 0 saturated carbocycles. The van der Waals surface area contributed by atoms with Crippen LogP contribution >= 0.6 is 0 Å². The van der Waals surface area contributed by atoms with Crippen molar-refractivity contribution in [1.82, 2.24) is 0 Å². The first kappa shape index (κ1) is 16.9. The Morgan fingerprint density at radius 1 is 0.667 bits per heavy atom. The van der Waals surface area contributed by atoms with E-state index in [0.717, 1.165) is 22.3 Å². The lowest BCUT2D eigenvalue weighted by molar-refractivity contribution is 0.105. The number of benzene rings is 2. The van der Waals surface area contributed by atoms with Gasteiger partial charge in [-0.15, -0.1) is 0 Å². The number of allylic oxidation sites excluding steroid dienone is 1. The molecule has 0 atom stereocenters. The highest BCUT2D eigenvalue weighted by molar-refractivity contribution is 6.18. The van der Waals surface area contributed by atoms with E-state index >= 15 is 0 Å². The molecule has 0 radical (unpaired) electrons. The van der Waals surface area contributed by atoms with Crippen molar-refractivity contribution in [3.63, 3.8) is 0 Å². The van der Waals surface area contributed by atoms with Crippen LogP contribution in [0.1, 0.15) is 54.7 Å². The van der Waals surface area contributed by atoms with Crippen molar-refractivity contribution in [3.8, 4) is 0 Å². The van der Waals surface area contributed by atoms with Crippen molar-refractivity contribution < 1.29 is 4.79 Å². The molecule has 0 spiro atoms. The summed E-state index contributed by atoms with van der Waals surface area (Å²) in [6.45, 7) is 10.1. The van der Waals surface area contributed by atoms with Gasteiger partial charge in [0.05, 0.1) is 0 Å². The molecule has 3 rings (SSSR count). The number of fused-ring (bicyclic) bond motifs is 1. The Hall–Kier alpha value is -2.15. The molecule has 0 amide bonds. The number of ketones is 1. The Kier molecular flexibility index (Phi) is 6.61. The van der Waals surface area contributed by atoms with Crippen molar-refractivity contribution in [2.24, 2.45) is 0 Å². The molecule has 1 aliphatic carbocycles. The fourth-order valence-electron chi connectivity index (χ4n) is 2.32. The third-order valence-corrected chi connectivity index (χ3v) is 3.19. The van der Waals surface area contributed by atoms with Crippen molar-refractivity contribution in [2.45, 2.75) is 34.6 Å². The van der Waals surface area contributed by atoms with E-state index in [0.29, 0.717) is 0 Å². The standard InChI is InChI=1S/C16H12O.2C2H6/c1-11-6-2-3-7-12(11)15-10-16(17)14-9-5-4-8-13(14)15;2*1-2/h2-10H,1H3;2*1-2H3. The van der Waals surface area contributed by atoms with E-state index in [2.05, 4.69) is 19.1 Å². The minimum absolute atomic E-state index is 0.110. The van der Waals surface area contributed by atoms with Crippen LogP contribution in [0.5, 0.6) is 0 Å². The molecule has 0 N–H and O–H groups in total. The maximum Gasteiger partial charge on any atom is 0.187 e. The van der Waals surface area contributed by atoms with E-state index in [4.69, 9.17) is 0 Å². The number of carbonyl (C=O) groups excluding carboxylic acids is 1. The maximum absolute atomic E-state index is 11.9. The summed E-state index contributed by atoms with van der Waals surface area (Å²) < 4.78 is 0. The highest BCUT2D eigenvalue weighted by Crippen LogP contribution is 2.33. The summed E-state index contributed by atoms with van der Waals surface area (Å²) in [7, 11) is 0. The minimum atomic E-state index is 0.110. The van der Waals surface area contributed by atoms with Gasteiger partial charge in [-0.05, 0) is 35.3 Å². The molecule has 0 bridgehead atoms. The van der Waals surface area contributed by atoms with Gasteiger partial charge in [-0.25, -0.2) is 0 Å². The molecule has 0 heterocycles. The topological polar surface area (TPSA) is 17.1 Å². The second kappa shape index (κ2) is 8.21. The zero-order valence-electron chi connectivity index (χ0n) is 13.6. The molecule has 0 unspecified atom stereocenters. The Balaban J connectivity index is 0.000000510. The minimum Gasteiger partial charge on any atom is -0.289 e. The Morgan fingerprint density at radius 3 is 1.71 bits per heavy atom. The summed E-state index contributed by atoms with van der Waals surface area (Å²) >= 11 is 0. The van der Waals surface area contributed by atoms with Crippen LogP contribution in [0.15, 0.2) is 54.6 Å². The SMILES string of the molecule is CC.CC.Cc1ccccc1C1=CC(=O)c2ccccc21. The third-order valence-electron chi connectivity index (χ3n) is 3.19. The van der Waals surface area contributed by atoms with Crippen LogP contribution in [0.25, 0.3) is 5.57 Å². The average molecular weight is 280 g/mol. The summed E-state index contributed by atoms with van der Waals surface area (Å²) in [4.78, 5) is 11.9. The van der Waals surface area contributed by atoms with Crippen molar-refractivity contribution in [2.75, 3.05) is 0 Å². The van der Waals surface area contributed by atoms with Crippen LogP contribution in [-0.4, -0.2) is 5.78 Å². The molecule has 1 aliphatic rings. The van der Waals surface area contributed by atoms with Gasteiger partial charge in [0.25, 0.3) is 0 Å². The highest BCUT2D eigenvalue weighted by atomic mass is 16.1. The molecule has 21 heavy (non-hydrogen) atoms. The first-order valence-corrected chi connectivity index (χ1v) is 7.69. The van der Waals surface area contributed by atoms with E-state index in [9.17, 15) is 4.79 Å². The fourth-order valence-corrected chi connectivity index (χ4v) is 2.32. The van der Waals surface area contributed by atoms with E-state index in [1.165, 1.54) is 5.56 Å². The normalized spacial score (nSPS) is 11.5. The Labute approximate surface area is 128 Å². The monoisotopic (exact) mass is 280 g/mol. The lowest BCUT2D eigenvalue weighted by Gasteiger charge is -2.08. The Morgan fingerprint density at radius 2 is 1.14 bits per heavy atom. The molecular formula is C20H24O. The average Bonchev–Trinajstić information content (AvgIpc) is 2.89. The van der Waals surface area contributed by atoms with Crippen LogP contribution in [0.3, 0.4) is 0 Å². The van der Waals surface area contributed by atoms with Crippen LogP contribution in [-0.2, 0) is 0 Å². The first-order valence-electron chi connectivity index (χ1n) is 7.69. The summed E-state index contributed by atoms with van der Waals surface area (Å²) in [5, 5.41) is 0. The molecule has 0 saturated heterocycles. The number of rotatable bonds is 1. The van der Waals surface area contributed by atoms with Crippen molar-refractivity contribution in [1.29, 1.82) is 0 Å². The molecular weight excluding hydrogens is 256 g/mol. The largest absolute Gasteiger partial charge is 0.289 e. The lowest BCUT2D eigenvalue weighted by atomic mass is 9.96. The molecule has 1 nitrogen and oxygen atoms in total. The number of hydrogen-bond donors (Lipinski definition) is 0. The molecule has 0 aliphatic heterocycles. The number of hydrogen-bond acceptors (Lipinski definition) is 1. The fraction of sp³-hybridized carbons (Fsp3) is 0.250. The predicted molar refractivity (Wildman–Crippen MR) is 91.7 cm³/mol.